The lowest BCUT2D eigenvalue weighted by Gasteiger charge is -2.26. The summed E-state index contributed by atoms with van der Waals surface area (Å²) in [6.07, 6.45) is 0.891. The number of pyridine rings is 1. The van der Waals surface area contributed by atoms with E-state index in [1.54, 1.807) is 13.2 Å². The molecule has 1 fully saturated rings. The SMILES string of the molecule is COc1ccc2nc(-c3ccc(C)o3)cc(C(=O)NCCCN3CCOCC3)c2c1. The van der Waals surface area contributed by atoms with Crippen LogP contribution in [0.15, 0.2) is 40.8 Å². The van der Waals surface area contributed by atoms with Crippen molar-refractivity contribution in [2.45, 2.75) is 13.3 Å². The van der Waals surface area contributed by atoms with E-state index in [0.29, 0.717) is 29.3 Å². The maximum absolute atomic E-state index is 13.1. The highest BCUT2D eigenvalue weighted by molar-refractivity contribution is 6.07. The van der Waals surface area contributed by atoms with Gasteiger partial charge in [-0.3, -0.25) is 9.69 Å². The first-order chi connectivity index (χ1) is 14.6. The van der Waals surface area contributed by atoms with E-state index in [1.165, 1.54) is 0 Å². The van der Waals surface area contributed by atoms with Crippen molar-refractivity contribution in [2.24, 2.45) is 0 Å². The average Bonchev–Trinajstić information content (AvgIpc) is 3.22. The van der Waals surface area contributed by atoms with Gasteiger partial charge in [0.05, 0.1) is 31.4 Å². The lowest BCUT2D eigenvalue weighted by molar-refractivity contribution is 0.0374. The van der Waals surface area contributed by atoms with Crippen molar-refractivity contribution in [3.8, 4) is 17.2 Å². The van der Waals surface area contributed by atoms with E-state index < -0.39 is 0 Å². The number of carbonyl (C=O) groups is 1. The first kappa shape index (κ1) is 20.4. The molecule has 0 bridgehead atoms. The Labute approximate surface area is 176 Å². The zero-order valence-corrected chi connectivity index (χ0v) is 17.4. The summed E-state index contributed by atoms with van der Waals surface area (Å²) in [5.41, 5.74) is 1.93. The summed E-state index contributed by atoms with van der Waals surface area (Å²) >= 11 is 0. The number of hydrogen-bond acceptors (Lipinski definition) is 6. The van der Waals surface area contributed by atoms with Crippen LogP contribution in [-0.4, -0.2) is 62.3 Å². The normalized spacial score (nSPS) is 14.7. The Hall–Kier alpha value is -2.90. The molecule has 4 rings (SSSR count). The van der Waals surface area contributed by atoms with Gasteiger partial charge in [-0.1, -0.05) is 0 Å². The summed E-state index contributed by atoms with van der Waals surface area (Å²) in [6.45, 7) is 6.92. The maximum atomic E-state index is 13.1. The highest BCUT2D eigenvalue weighted by Crippen LogP contribution is 2.28. The summed E-state index contributed by atoms with van der Waals surface area (Å²) in [7, 11) is 1.61. The van der Waals surface area contributed by atoms with E-state index in [9.17, 15) is 4.79 Å². The van der Waals surface area contributed by atoms with Gasteiger partial charge in [0.1, 0.15) is 17.2 Å². The first-order valence-corrected chi connectivity index (χ1v) is 10.3. The van der Waals surface area contributed by atoms with Crippen LogP contribution in [0.1, 0.15) is 22.5 Å². The Morgan fingerprint density at radius 1 is 1.20 bits per heavy atom. The third kappa shape index (κ3) is 4.63. The van der Waals surface area contributed by atoms with Gasteiger partial charge in [0.25, 0.3) is 5.91 Å². The van der Waals surface area contributed by atoms with Gasteiger partial charge in [-0.15, -0.1) is 0 Å². The second kappa shape index (κ2) is 9.28. The minimum Gasteiger partial charge on any atom is -0.497 e. The Kier molecular flexibility index (Phi) is 6.30. The number of benzene rings is 1. The van der Waals surface area contributed by atoms with Crippen LogP contribution in [0, 0.1) is 6.92 Å². The minimum absolute atomic E-state index is 0.123. The topological polar surface area (TPSA) is 76.8 Å². The monoisotopic (exact) mass is 409 g/mol. The number of aryl methyl sites for hydroxylation is 1. The molecule has 2 aromatic heterocycles. The lowest BCUT2D eigenvalue weighted by atomic mass is 10.1. The number of amides is 1. The van der Waals surface area contributed by atoms with Crippen LogP contribution in [0.4, 0.5) is 0 Å². The standard InChI is InChI=1S/C23H27N3O4/c1-16-4-7-22(30-16)21-15-19(18-14-17(28-2)5-6-20(18)25-21)23(27)24-8-3-9-26-10-12-29-13-11-26/h4-7,14-15H,3,8-13H2,1-2H3,(H,24,27). The zero-order chi connectivity index (χ0) is 20.9. The molecule has 0 atom stereocenters. The van der Waals surface area contributed by atoms with Crippen molar-refractivity contribution < 1.29 is 18.7 Å². The summed E-state index contributed by atoms with van der Waals surface area (Å²) < 4.78 is 16.5. The van der Waals surface area contributed by atoms with E-state index in [1.807, 2.05) is 37.3 Å². The molecular weight excluding hydrogens is 382 g/mol. The molecule has 0 saturated carbocycles. The van der Waals surface area contributed by atoms with Crippen molar-refractivity contribution in [3.05, 3.63) is 47.7 Å². The van der Waals surface area contributed by atoms with Gasteiger partial charge in [0.2, 0.25) is 0 Å². The van der Waals surface area contributed by atoms with Crippen molar-refractivity contribution in [1.29, 1.82) is 0 Å². The predicted molar refractivity (Wildman–Crippen MR) is 115 cm³/mol. The van der Waals surface area contributed by atoms with Crippen molar-refractivity contribution in [3.63, 3.8) is 0 Å². The van der Waals surface area contributed by atoms with Crippen LogP contribution in [0.2, 0.25) is 0 Å². The summed E-state index contributed by atoms with van der Waals surface area (Å²) in [6, 6.07) is 11.1. The maximum Gasteiger partial charge on any atom is 0.252 e. The molecule has 1 aromatic carbocycles. The van der Waals surface area contributed by atoms with E-state index >= 15 is 0 Å². The molecule has 7 nitrogen and oxygen atoms in total. The van der Waals surface area contributed by atoms with Gasteiger partial charge in [-0.05, 0) is 56.3 Å². The van der Waals surface area contributed by atoms with Gasteiger partial charge in [-0.2, -0.15) is 0 Å². The van der Waals surface area contributed by atoms with Crippen molar-refractivity contribution in [2.75, 3.05) is 46.5 Å². The molecule has 3 heterocycles. The first-order valence-electron chi connectivity index (χ1n) is 10.3. The molecule has 0 aliphatic carbocycles. The number of morpholine rings is 1. The van der Waals surface area contributed by atoms with Crippen LogP contribution < -0.4 is 10.1 Å². The van der Waals surface area contributed by atoms with E-state index in [-0.39, 0.29) is 5.91 Å². The Balaban J connectivity index is 1.54. The second-order valence-electron chi connectivity index (χ2n) is 7.41. The van der Waals surface area contributed by atoms with E-state index in [0.717, 1.165) is 55.9 Å². The van der Waals surface area contributed by atoms with Crippen LogP contribution in [0.25, 0.3) is 22.4 Å². The van der Waals surface area contributed by atoms with Crippen LogP contribution >= 0.6 is 0 Å². The van der Waals surface area contributed by atoms with Crippen LogP contribution in [0.3, 0.4) is 0 Å². The molecule has 1 aliphatic rings. The number of carbonyl (C=O) groups excluding carboxylic acids is 1. The molecule has 1 amide bonds. The Morgan fingerprint density at radius 3 is 2.77 bits per heavy atom. The van der Waals surface area contributed by atoms with E-state index in [4.69, 9.17) is 13.9 Å². The van der Waals surface area contributed by atoms with Crippen molar-refractivity contribution in [1.82, 2.24) is 15.2 Å². The Morgan fingerprint density at radius 2 is 2.03 bits per heavy atom. The van der Waals surface area contributed by atoms with Gasteiger partial charge < -0.3 is 19.2 Å². The number of aromatic nitrogens is 1. The molecule has 1 aliphatic heterocycles. The summed E-state index contributed by atoms with van der Waals surface area (Å²) in [5.74, 6) is 2.01. The third-order valence-electron chi connectivity index (χ3n) is 5.29. The predicted octanol–water partition coefficient (Wildman–Crippen LogP) is 3.26. The minimum atomic E-state index is -0.123. The van der Waals surface area contributed by atoms with Gasteiger partial charge in [0.15, 0.2) is 5.76 Å². The number of nitrogens with one attached hydrogen (secondary N) is 1. The molecule has 3 aromatic rings. The van der Waals surface area contributed by atoms with Gasteiger partial charge in [0, 0.05) is 25.0 Å². The number of rotatable bonds is 7. The number of nitrogens with zero attached hydrogens (tertiary/aromatic N) is 2. The lowest BCUT2D eigenvalue weighted by Crippen LogP contribution is -2.38. The second-order valence-corrected chi connectivity index (χ2v) is 7.41. The fraction of sp³-hybridized carbons (Fsp3) is 0.391. The van der Waals surface area contributed by atoms with Crippen molar-refractivity contribution >= 4 is 16.8 Å². The zero-order valence-electron chi connectivity index (χ0n) is 17.4. The number of fused-ring (bicyclic) bond motifs is 1. The van der Waals surface area contributed by atoms with Gasteiger partial charge in [-0.25, -0.2) is 4.98 Å². The fourth-order valence-electron chi connectivity index (χ4n) is 3.64. The van der Waals surface area contributed by atoms with E-state index in [2.05, 4.69) is 15.2 Å². The molecule has 0 radical (unpaired) electrons. The number of furan rings is 1. The average molecular weight is 409 g/mol. The molecule has 30 heavy (non-hydrogen) atoms. The molecule has 7 heteroatoms. The third-order valence-corrected chi connectivity index (χ3v) is 5.29. The molecule has 0 spiro atoms. The van der Waals surface area contributed by atoms with Crippen LogP contribution in [-0.2, 0) is 4.74 Å². The van der Waals surface area contributed by atoms with Crippen LogP contribution in [0.5, 0.6) is 5.75 Å². The fourth-order valence-corrected chi connectivity index (χ4v) is 3.64. The van der Waals surface area contributed by atoms with Gasteiger partial charge >= 0.3 is 0 Å². The highest BCUT2D eigenvalue weighted by atomic mass is 16.5. The molecular formula is C23H27N3O4. The number of methoxy groups -OCH3 is 1. The number of ether oxygens (including phenoxy) is 2. The molecule has 1 saturated heterocycles. The Bertz CT molecular complexity index is 1020. The molecule has 1 N–H and O–H groups in total. The quantitative estimate of drug-likeness (QED) is 0.604. The number of hydrogen-bond donors (Lipinski definition) is 1. The summed E-state index contributed by atoms with van der Waals surface area (Å²) in [4.78, 5) is 20.1. The highest BCUT2D eigenvalue weighted by Gasteiger charge is 2.16. The molecule has 158 valence electrons. The largest absolute Gasteiger partial charge is 0.497 e. The smallest absolute Gasteiger partial charge is 0.252 e. The summed E-state index contributed by atoms with van der Waals surface area (Å²) in [5, 5.41) is 3.81. The molecule has 0 unspecified atom stereocenters.